The molecule has 0 saturated carbocycles. The molecule has 1 N–H and O–H groups in total. The molecule has 1 amide bonds. The fourth-order valence-corrected chi connectivity index (χ4v) is 1.54. The summed E-state index contributed by atoms with van der Waals surface area (Å²) in [4.78, 5) is 23.4. The first-order valence-electron chi connectivity index (χ1n) is 5.18. The molecule has 0 aliphatic carbocycles. The molecule has 1 aromatic heterocycles. The van der Waals surface area contributed by atoms with Crippen molar-refractivity contribution in [3.8, 4) is 0 Å². The van der Waals surface area contributed by atoms with E-state index >= 15 is 0 Å². The minimum Gasteiger partial charge on any atom is -0.476 e. The molecule has 0 spiro atoms. The molecule has 92 valence electrons. The Morgan fingerprint density at radius 2 is 2.29 bits per heavy atom. The smallest absolute Gasteiger partial charge is 0.409 e. The molecular formula is C9H12N4O4. The van der Waals surface area contributed by atoms with Crippen LogP contribution in [0.1, 0.15) is 23.5 Å². The van der Waals surface area contributed by atoms with Gasteiger partial charge in [-0.2, -0.15) is 0 Å². The van der Waals surface area contributed by atoms with Crippen LogP contribution in [0.2, 0.25) is 0 Å². The molecule has 1 saturated heterocycles. The van der Waals surface area contributed by atoms with E-state index in [-0.39, 0.29) is 17.8 Å². The molecule has 8 nitrogen and oxygen atoms in total. The third kappa shape index (κ3) is 2.19. The van der Waals surface area contributed by atoms with Gasteiger partial charge in [0.05, 0.1) is 18.8 Å². The molecule has 1 aromatic rings. The number of hydrogen-bond donors (Lipinski definition) is 1. The van der Waals surface area contributed by atoms with Crippen LogP contribution in [0.4, 0.5) is 4.79 Å². The number of likely N-dealkylation sites (tertiary alicyclic amines) is 1. The predicted octanol–water partition coefficient (Wildman–Crippen LogP) is -0.0105. The Hall–Kier alpha value is -2.12. The van der Waals surface area contributed by atoms with E-state index in [4.69, 9.17) is 9.84 Å². The van der Waals surface area contributed by atoms with Gasteiger partial charge in [-0.3, -0.25) is 0 Å². The summed E-state index contributed by atoms with van der Waals surface area (Å²) >= 11 is 0. The number of nitrogens with zero attached hydrogens (tertiary/aromatic N) is 4. The summed E-state index contributed by atoms with van der Waals surface area (Å²) < 4.78 is 6.28. The number of aromatic carboxylic acids is 1. The highest BCUT2D eigenvalue weighted by atomic mass is 16.6. The zero-order valence-corrected chi connectivity index (χ0v) is 9.24. The number of carboxylic acids is 1. The lowest BCUT2D eigenvalue weighted by molar-refractivity contribution is 0.0562. The third-order valence-electron chi connectivity index (χ3n) is 2.49. The van der Waals surface area contributed by atoms with E-state index in [1.54, 1.807) is 6.92 Å². The van der Waals surface area contributed by atoms with Crippen LogP contribution in [-0.2, 0) is 4.74 Å². The second-order valence-corrected chi connectivity index (χ2v) is 3.65. The highest BCUT2D eigenvalue weighted by Gasteiger charge is 2.33. The zero-order chi connectivity index (χ0) is 12.4. The summed E-state index contributed by atoms with van der Waals surface area (Å²) in [6, 6.07) is -0.0278. The first-order valence-corrected chi connectivity index (χ1v) is 5.18. The van der Waals surface area contributed by atoms with Crippen molar-refractivity contribution in [2.75, 3.05) is 19.7 Å². The van der Waals surface area contributed by atoms with E-state index in [9.17, 15) is 9.59 Å². The molecule has 1 aliphatic rings. The van der Waals surface area contributed by atoms with E-state index < -0.39 is 5.97 Å². The van der Waals surface area contributed by atoms with Crippen molar-refractivity contribution >= 4 is 12.1 Å². The average molecular weight is 240 g/mol. The van der Waals surface area contributed by atoms with Gasteiger partial charge in [0.25, 0.3) is 0 Å². The first-order chi connectivity index (χ1) is 8.11. The maximum absolute atomic E-state index is 11.3. The van der Waals surface area contributed by atoms with Crippen molar-refractivity contribution < 1.29 is 19.4 Å². The molecule has 0 aromatic carbocycles. The molecule has 0 atom stereocenters. The van der Waals surface area contributed by atoms with Gasteiger partial charge < -0.3 is 14.7 Å². The van der Waals surface area contributed by atoms with Crippen LogP contribution in [0.5, 0.6) is 0 Å². The lowest BCUT2D eigenvalue weighted by Gasteiger charge is -2.37. The monoisotopic (exact) mass is 240 g/mol. The van der Waals surface area contributed by atoms with Crippen LogP contribution in [-0.4, -0.2) is 56.8 Å². The van der Waals surface area contributed by atoms with Crippen LogP contribution >= 0.6 is 0 Å². The molecular weight excluding hydrogens is 228 g/mol. The summed E-state index contributed by atoms with van der Waals surface area (Å²) in [6.45, 7) is 3.00. The number of rotatable bonds is 3. The molecule has 1 fully saturated rings. The van der Waals surface area contributed by atoms with Gasteiger partial charge in [0.15, 0.2) is 5.69 Å². The second kappa shape index (κ2) is 4.40. The molecule has 8 heteroatoms. The molecule has 0 radical (unpaired) electrons. The van der Waals surface area contributed by atoms with Crippen LogP contribution in [0.3, 0.4) is 0 Å². The molecule has 2 heterocycles. The van der Waals surface area contributed by atoms with E-state index in [0.29, 0.717) is 19.7 Å². The highest BCUT2D eigenvalue weighted by Crippen LogP contribution is 2.20. The molecule has 0 unspecified atom stereocenters. The van der Waals surface area contributed by atoms with Gasteiger partial charge in [-0.1, -0.05) is 5.21 Å². The summed E-state index contributed by atoms with van der Waals surface area (Å²) in [6.07, 6.45) is 0.998. The summed E-state index contributed by atoms with van der Waals surface area (Å²) in [5.74, 6) is -1.11. The second-order valence-electron chi connectivity index (χ2n) is 3.65. The van der Waals surface area contributed by atoms with Crippen molar-refractivity contribution in [1.82, 2.24) is 19.9 Å². The van der Waals surface area contributed by atoms with Crippen LogP contribution in [0.15, 0.2) is 6.20 Å². The number of amides is 1. The Bertz CT molecular complexity index is 438. The first kappa shape index (κ1) is 11.4. The lowest BCUT2D eigenvalue weighted by Crippen LogP contribution is -2.51. The van der Waals surface area contributed by atoms with Crippen molar-refractivity contribution in [2.24, 2.45) is 0 Å². The van der Waals surface area contributed by atoms with Gasteiger partial charge in [0, 0.05) is 13.1 Å². The van der Waals surface area contributed by atoms with Crippen LogP contribution in [0.25, 0.3) is 0 Å². The minimum absolute atomic E-state index is 0.0278. The Kier molecular flexibility index (Phi) is 2.94. The van der Waals surface area contributed by atoms with Crippen molar-refractivity contribution in [3.63, 3.8) is 0 Å². The molecule has 2 rings (SSSR count). The fourth-order valence-electron chi connectivity index (χ4n) is 1.54. The van der Waals surface area contributed by atoms with Gasteiger partial charge in [0.1, 0.15) is 0 Å². The average Bonchev–Trinajstić information content (AvgIpc) is 2.65. The normalized spacial score (nSPS) is 15.5. The zero-order valence-electron chi connectivity index (χ0n) is 9.24. The molecule has 0 bridgehead atoms. The number of carboxylic acid groups (broad SMARTS) is 1. The van der Waals surface area contributed by atoms with Gasteiger partial charge in [0.2, 0.25) is 0 Å². The van der Waals surface area contributed by atoms with Crippen molar-refractivity contribution in [2.45, 2.75) is 13.0 Å². The number of hydrogen-bond acceptors (Lipinski definition) is 5. The van der Waals surface area contributed by atoms with Crippen LogP contribution < -0.4 is 0 Å². The number of ether oxygens (including phenoxy) is 1. The molecule has 1 aliphatic heterocycles. The van der Waals surface area contributed by atoms with Gasteiger partial charge in [-0.15, -0.1) is 5.10 Å². The fraction of sp³-hybridized carbons (Fsp3) is 0.556. The summed E-state index contributed by atoms with van der Waals surface area (Å²) in [7, 11) is 0. The SMILES string of the molecule is CCOC(=O)N1CC(n2cc(C(=O)O)nn2)C1. The number of aromatic nitrogens is 3. The summed E-state index contributed by atoms with van der Waals surface area (Å²) in [5.41, 5.74) is -0.0976. The van der Waals surface area contributed by atoms with Crippen LogP contribution in [0, 0.1) is 0 Å². The third-order valence-corrected chi connectivity index (χ3v) is 2.49. The Morgan fingerprint density at radius 3 is 2.82 bits per heavy atom. The standard InChI is InChI=1S/C9H12N4O4/c1-2-17-9(16)12-3-6(4-12)13-5-7(8(14)15)10-11-13/h5-6H,2-4H2,1H3,(H,14,15). The largest absolute Gasteiger partial charge is 0.476 e. The Balaban J connectivity index is 1.90. The highest BCUT2D eigenvalue weighted by molar-refractivity contribution is 5.84. The van der Waals surface area contributed by atoms with Gasteiger partial charge >= 0.3 is 12.1 Å². The maximum Gasteiger partial charge on any atom is 0.409 e. The number of carbonyl (C=O) groups is 2. The van der Waals surface area contributed by atoms with Crippen molar-refractivity contribution in [1.29, 1.82) is 0 Å². The van der Waals surface area contributed by atoms with E-state index in [1.165, 1.54) is 15.8 Å². The predicted molar refractivity (Wildman–Crippen MR) is 54.6 cm³/mol. The maximum atomic E-state index is 11.3. The number of carbonyl (C=O) groups excluding carboxylic acids is 1. The molecule has 17 heavy (non-hydrogen) atoms. The lowest BCUT2D eigenvalue weighted by atomic mass is 10.1. The van der Waals surface area contributed by atoms with E-state index in [0.717, 1.165) is 0 Å². The summed E-state index contributed by atoms with van der Waals surface area (Å²) in [5, 5.41) is 15.9. The Morgan fingerprint density at radius 1 is 1.59 bits per heavy atom. The topological polar surface area (TPSA) is 97.5 Å². The minimum atomic E-state index is -1.11. The van der Waals surface area contributed by atoms with Gasteiger partial charge in [-0.25, -0.2) is 14.3 Å². The van der Waals surface area contributed by atoms with Crippen molar-refractivity contribution in [3.05, 3.63) is 11.9 Å². The quantitative estimate of drug-likeness (QED) is 0.797. The Labute approximate surface area is 96.8 Å². The van der Waals surface area contributed by atoms with E-state index in [1.807, 2.05) is 0 Å². The van der Waals surface area contributed by atoms with Gasteiger partial charge in [-0.05, 0) is 6.92 Å². The van der Waals surface area contributed by atoms with E-state index in [2.05, 4.69) is 10.3 Å².